The Hall–Kier alpha value is -2.23. The normalized spacial score (nSPS) is 11.3. The lowest BCUT2D eigenvalue weighted by Gasteiger charge is -1.99. The summed E-state index contributed by atoms with van der Waals surface area (Å²) in [5, 5.41) is 0. The van der Waals surface area contributed by atoms with Crippen LogP contribution < -0.4 is 0 Å². The van der Waals surface area contributed by atoms with Crippen molar-refractivity contribution in [1.29, 1.82) is 0 Å². The van der Waals surface area contributed by atoms with Crippen molar-refractivity contribution in [3.8, 4) is 11.3 Å². The molecule has 0 fully saturated rings. The van der Waals surface area contributed by atoms with Crippen molar-refractivity contribution in [3.05, 3.63) is 48.8 Å². The minimum Gasteiger partial charge on any atom is -0.434 e. The minimum absolute atomic E-state index is 0.0101. The van der Waals surface area contributed by atoms with Gasteiger partial charge in [0.1, 0.15) is 0 Å². The van der Waals surface area contributed by atoms with Gasteiger partial charge >= 0.3 is 0 Å². The lowest BCUT2D eigenvalue weighted by atomic mass is 10.1. The molecule has 158 valence electrons. The molecule has 0 radical (unpaired) electrons. The van der Waals surface area contributed by atoms with E-state index in [0.717, 1.165) is 24.8 Å². The van der Waals surface area contributed by atoms with Crippen molar-refractivity contribution in [1.82, 2.24) is 9.97 Å². The van der Waals surface area contributed by atoms with Crippen molar-refractivity contribution in [2.75, 3.05) is 0 Å². The van der Waals surface area contributed by atoms with E-state index >= 15 is 0 Å². The Morgan fingerprint density at radius 1 is 0.897 bits per heavy atom. The fourth-order valence-electron chi connectivity index (χ4n) is 3.34. The van der Waals surface area contributed by atoms with Gasteiger partial charge in [0.15, 0.2) is 5.76 Å². The molecule has 29 heavy (non-hydrogen) atoms. The first kappa shape index (κ1) is 23.1. The Morgan fingerprint density at radius 2 is 1.52 bits per heavy atom. The predicted octanol–water partition coefficient (Wildman–Crippen LogP) is 7.57. The molecule has 0 aliphatic heterocycles. The second-order valence-corrected chi connectivity index (χ2v) is 7.67. The largest absolute Gasteiger partial charge is 0.434 e. The first-order chi connectivity index (χ1) is 14.3. The fraction of sp³-hybridized carbons (Fsp3) is 0.560. The summed E-state index contributed by atoms with van der Waals surface area (Å²) >= 11 is 0. The molecule has 4 heteroatoms. The highest BCUT2D eigenvalue weighted by atomic mass is 16.4. The molecule has 0 N–H and O–H groups in total. The van der Waals surface area contributed by atoms with E-state index < -0.39 is 0 Å². The number of unbranched alkanes of at least 4 members (excludes halogenated alkanes) is 10. The van der Waals surface area contributed by atoms with Crippen LogP contribution in [0.15, 0.2) is 47.3 Å². The van der Waals surface area contributed by atoms with Gasteiger partial charge in [0.05, 0.1) is 6.20 Å². The van der Waals surface area contributed by atoms with Crippen LogP contribution in [0.4, 0.5) is 0 Å². The summed E-state index contributed by atoms with van der Waals surface area (Å²) in [6, 6.07) is 3.69. The molecule has 0 saturated carbocycles. The van der Waals surface area contributed by atoms with Crippen LogP contribution in [0.1, 0.15) is 101 Å². The van der Waals surface area contributed by atoms with Gasteiger partial charge in [0.2, 0.25) is 5.78 Å². The fourth-order valence-corrected chi connectivity index (χ4v) is 3.34. The van der Waals surface area contributed by atoms with Crippen LogP contribution in [-0.4, -0.2) is 15.8 Å². The molecule has 0 atom stereocenters. The summed E-state index contributed by atoms with van der Waals surface area (Å²) < 4.78 is 5.60. The minimum atomic E-state index is -0.0101. The maximum absolute atomic E-state index is 12.2. The number of oxazole rings is 1. The highest BCUT2D eigenvalue weighted by Gasteiger charge is 2.13. The Morgan fingerprint density at radius 3 is 2.21 bits per heavy atom. The van der Waals surface area contributed by atoms with Crippen LogP contribution in [0.25, 0.3) is 11.3 Å². The van der Waals surface area contributed by atoms with Gasteiger partial charge in [-0.15, -0.1) is 0 Å². The number of pyridine rings is 1. The van der Waals surface area contributed by atoms with Crippen LogP contribution in [0.3, 0.4) is 0 Å². The number of carbonyl (C=O) groups is 1. The summed E-state index contributed by atoms with van der Waals surface area (Å²) in [7, 11) is 0. The number of ketones is 1. The van der Waals surface area contributed by atoms with E-state index in [-0.39, 0.29) is 11.7 Å². The van der Waals surface area contributed by atoms with E-state index in [4.69, 9.17) is 4.42 Å². The van der Waals surface area contributed by atoms with Crippen molar-refractivity contribution >= 4 is 5.78 Å². The molecular formula is C25H36N2O2. The molecule has 0 aliphatic carbocycles. The second-order valence-electron chi connectivity index (χ2n) is 7.67. The van der Waals surface area contributed by atoms with Gasteiger partial charge in [-0.2, -0.15) is 0 Å². The van der Waals surface area contributed by atoms with E-state index in [9.17, 15) is 4.79 Å². The monoisotopic (exact) mass is 396 g/mol. The number of carbonyl (C=O) groups excluding carboxylic acids is 1. The Bertz CT molecular complexity index is 707. The first-order valence-electron chi connectivity index (χ1n) is 11.4. The van der Waals surface area contributed by atoms with Crippen LogP contribution in [0.5, 0.6) is 0 Å². The van der Waals surface area contributed by atoms with Crippen molar-refractivity contribution in [2.45, 2.75) is 90.4 Å². The highest BCUT2D eigenvalue weighted by molar-refractivity contribution is 5.91. The van der Waals surface area contributed by atoms with Crippen LogP contribution >= 0.6 is 0 Å². The maximum atomic E-state index is 12.2. The zero-order valence-electron chi connectivity index (χ0n) is 17.9. The molecule has 0 spiro atoms. The molecule has 2 aromatic rings. The molecule has 0 saturated heterocycles. The molecule has 2 aromatic heterocycles. The van der Waals surface area contributed by atoms with E-state index in [1.807, 2.05) is 12.1 Å². The van der Waals surface area contributed by atoms with Crippen LogP contribution in [0.2, 0.25) is 0 Å². The van der Waals surface area contributed by atoms with Gasteiger partial charge in [0, 0.05) is 24.4 Å². The number of Topliss-reactive ketones (excluding diaryl/α,β-unsaturated/α-hetero) is 1. The summed E-state index contributed by atoms with van der Waals surface area (Å²) in [5.41, 5.74) is 0.885. The number of rotatable bonds is 16. The van der Waals surface area contributed by atoms with E-state index in [2.05, 4.69) is 29.0 Å². The molecule has 0 aliphatic rings. The third-order valence-electron chi connectivity index (χ3n) is 5.12. The number of hydrogen-bond acceptors (Lipinski definition) is 4. The van der Waals surface area contributed by atoms with Gasteiger partial charge in [0.25, 0.3) is 5.89 Å². The highest BCUT2D eigenvalue weighted by Crippen LogP contribution is 2.20. The van der Waals surface area contributed by atoms with E-state index in [0.29, 0.717) is 12.2 Å². The topological polar surface area (TPSA) is 56.0 Å². The van der Waals surface area contributed by atoms with E-state index in [1.165, 1.54) is 57.8 Å². The quantitative estimate of drug-likeness (QED) is 0.167. The Labute approximate surface area is 175 Å². The molecule has 0 bridgehead atoms. The SMILES string of the molecule is CCCCCCCC/C=C\CCCCCCC(=O)c1ncc(-c2ccncc2)o1. The summed E-state index contributed by atoms with van der Waals surface area (Å²) in [4.78, 5) is 20.3. The predicted molar refractivity (Wildman–Crippen MR) is 119 cm³/mol. The number of allylic oxidation sites excluding steroid dienone is 2. The average molecular weight is 397 g/mol. The van der Waals surface area contributed by atoms with Crippen LogP contribution in [-0.2, 0) is 0 Å². The summed E-state index contributed by atoms with van der Waals surface area (Å²) in [6.45, 7) is 2.26. The molecule has 4 nitrogen and oxygen atoms in total. The third-order valence-corrected chi connectivity index (χ3v) is 5.12. The van der Waals surface area contributed by atoms with Gasteiger partial charge in [-0.25, -0.2) is 4.98 Å². The Kier molecular flexibility index (Phi) is 11.7. The van der Waals surface area contributed by atoms with Crippen molar-refractivity contribution < 1.29 is 9.21 Å². The van der Waals surface area contributed by atoms with Crippen molar-refractivity contribution in [3.63, 3.8) is 0 Å². The van der Waals surface area contributed by atoms with Crippen molar-refractivity contribution in [2.24, 2.45) is 0 Å². The molecule has 0 aromatic carbocycles. The zero-order valence-corrected chi connectivity index (χ0v) is 17.9. The average Bonchev–Trinajstić information content (AvgIpc) is 3.25. The molecule has 2 heterocycles. The smallest absolute Gasteiger partial charge is 0.263 e. The number of nitrogens with zero attached hydrogens (tertiary/aromatic N) is 2. The molecule has 2 rings (SSSR count). The molecular weight excluding hydrogens is 360 g/mol. The maximum Gasteiger partial charge on any atom is 0.263 e. The lowest BCUT2D eigenvalue weighted by molar-refractivity contribution is 0.0946. The third kappa shape index (κ3) is 9.69. The van der Waals surface area contributed by atoms with Gasteiger partial charge in [-0.1, -0.05) is 64.0 Å². The zero-order chi connectivity index (χ0) is 20.6. The Balaban J connectivity index is 1.48. The van der Waals surface area contributed by atoms with Gasteiger partial charge in [-0.3, -0.25) is 9.78 Å². The molecule has 0 unspecified atom stereocenters. The summed E-state index contributed by atoms with van der Waals surface area (Å²) in [6.07, 6.45) is 25.1. The standard InChI is InChI=1S/C25H36N2O2/c1-2-3-4-5-6-7-8-9-10-11-12-13-14-15-16-23(28)25-27-21-24(29-25)22-17-19-26-20-18-22/h9-10,17-21H,2-8,11-16H2,1H3/b10-9-. The summed E-state index contributed by atoms with van der Waals surface area (Å²) in [5.74, 6) is 0.821. The van der Waals surface area contributed by atoms with Gasteiger partial charge < -0.3 is 4.42 Å². The lowest BCUT2D eigenvalue weighted by Crippen LogP contribution is -1.98. The number of hydrogen-bond donors (Lipinski definition) is 0. The van der Waals surface area contributed by atoms with E-state index in [1.54, 1.807) is 18.6 Å². The number of aromatic nitrogens is 2. The molecule has 0 amide bonds. The second kappa shape index (κ2) is 14.7. The van der Waals surface area contributed by atoms with Crippen LogP contribution in [0, 0.1) is 0 Å². The first-order valence-corrected chi connectivity index (χ1v) is 11.4. The van der Waals surface area contributed by atoms with Gasteiger partial charge in [-0.05, 0) is 44.2 Å².